The Labute approximate surface area is 240 Å². The monoisotopic (exact) mass is 589 g/mol. The van der Waals surface area contributed by atoms with Crippen LogP contribution < -0.4 is 9.62 Å². The third kappa shape index (κ3) is 7.53. The molecule has 2 amide bonds. The first kappa shape index (κ1) is 30.5. The van der Waals surface area contributed by atoms with Gasteiger partial charge in [-0.3, -0.25) is 13.9 Å². The maximum atomic E-state index is 13.9. The first-order valence-corrected chi connectivity index (χ1v) is 14.8. The summed E-state index contributed by atoms with van der Waals surface area (Å²) in [5.41, 5.74) is 2.43. The molecule has 0 spiro atoms. The number of rotatable bonds is 11. The molecule has 0 aliphatic rings. The average molecular weight is 591 g/mol. The lowest BCUT2D eigenvalue weighted by atomic mass is 10.1. The molecule has 39 heavy (non-hydrogen) atoms. The van der Waals surface area contributed by atoms with Crippen molar-refractivity contribution in [3.8, 4) is 0 Å². The van der Waals surface area contributed by atoms with Gasteiger partial charge in [-0.25, -0.2) is 8.42 Å². The van der Waals surface area contributed by atoms with Gasteiger partial charge in [0.05, 0.1) is 10.6 Å². The Hall–Kier alpha value is -3.07. The third-order valence-corrected chi connectivity index (χ3v) is 8.71. The number of halogens is 2. The Kier molecular flexibility index (Phi) is 10.4. The van der Waals surface area contributed by atoms with Gasteiger partial charge in [0.25, 0.3) is 10.0 Å². The molecule has 0 radical (unpaired) electrons. The van der Waals surface area contributed by atoms with Crippen molar-refractivity contribution >= 4 is 50.7 Å². The number of amides is 2. The van der Waals surface area contributed by atoms with Crippen LogP contribution in [0.4, 0.5) is 5.69 Å². The standard InChI is InChI=1S/C29H33Cl2N3O4S/c1-5-16-32-29(36)22(4)33(18-23-8-6-7-9-26(23)31)28(35)19-34(27-15-12-24(30)17-21(27)3)39(37,38)25-13-10-20(2)11-14-25/h6-15,17,22H,5,16,18-19H2,1-4H3,(H,32,36)/t22-/m1/s1. The van der Waals surface area contributed by atoms with Gasteiger partial charge in [0.2, 0.25) is 11.8 Å². The number of carbonyl (C=O) groups is 2. The lowest BCUT2D eigenvalue weighted by Gasteiger charge is -2.32. The molecule has 3 aromatic carbocycles. The normalized spacial score (nSPS) is 12.1. The summed E-state index contributed by atoms with van der Waals surface area (Å²) in [6.07, 6.45) is 0.731. The minimum Gasteiger partial charge on any atom is -0.354 e. The summed E-state index contributed by atoms with van der Waals surface area (Å²) in [6, 6.07) is 17.4. The van der Waals surface area contributed by atoms with Gasteiger partial charge in [-0.2, -0.15) is 0 Å². The number of carbonyl (C=O) groups excluding carboxylic acids is 2. The second kappa shape index (κ2) is 13.3. The van der Waals surface area contributed by atoms with Gasteiger partial charge in [-0.05, 0) is 74.7 Å². The fraction of sp³-hybridized carbons (Fsp3) is 0.310. The number of aryl methyl sites for hydroxylation is 2. The van der Waals surface area contributed by atoms with E-state index in [1.54, 1.807) is 68.4 Å². The molecule has 3 aromatic rings. The van der Waals surface area contributed by atoms with Crippen molar-refractivity contribution in [1.29, 1.82) is 0 Å². The molecule has 3 rings (SSSR count). The Morgan fingerprint density at radius 1 is 0.974 bits per heavy atom. The molecule has 1 N–H and O–H groups in total. The van der Waals surface area contributed by atoms with Crippen LogP contribution in [-0.4, -0.2) is 44.3 Å². The summed E-state index contributed by atoms with van der Waals surface area (Å²) in [5, 5.41) is 3.70. The Morgan fingerprint density at radius 3 is 2.26 bits per heavy atom. The van der Waals surface area contributed by atoms with Gasteiger partial charge in [0.1, 0.15) is 12.6 Å². The highest BCUT2D eigenvalue weighted by Gasteiger charge is 2.33. The van der Waals surface area contributed by atoms with E-state index < -0.39 is 28.5 Å². The number of nitrogens with zero attached hydrogens (tertiary/aromatic N) is 2. The van der Waals surface area contributed by atoms with Crippen molar-refractivity contribution in [3.05, 3.63) is 93.5 Å². The molecule has 0 heterocycles. The highest BCUT2D eigenvalue weighted by atomic mass is 35.5. The lowest BCUT2D eigenvalue weighted by molar-refractivity contribution is -0.139. The highest BCUT2D eigenvalue weighted by Crippen LogP contribution is 2.30. The fourth-order valence-electron chi connectivity index (χ4n) is 4.04. The summed E-state index contributed by atoms with van der Waals surface area (Å²) in [4.78, 5) is 28.3. The van der Waals surface area contributed by atoms with Crippen molar-refractivity contribution in [2.45, 2.75) is 51.6 Å². The van der Waals surface area contributed by atoms with E-state index >= 15 is 0 Å². The summed E-state index contributed by atoms with van der Waals surface area (Å²) in [5.74, 6) is -0.896. The van der Waals surface area contributed by atoms with Crippen LogP contribution in [0.3, 0.4) is 0 Å². The molecule has 0 saturated carbocycles. The van der Waals surface area contributed by atoms with E-state index in [0.29, 0.717) is 33.4 Å². The molecule has 1 atom stereocenters. The zero-order valence-corrected chi connectivity index (χ0v) is 24.8. The zero-order valence-electron chi connectivity index (χ0n) is 22.4. The van der Waals surface area contributed by atoms with E-state index in [0.717, 1.165) is 16.3 Å². The summed E-state index contributed by atoms with van der Waals surface area (Å²) in [6.45, 7) is 7.08. The van der Waals surface area contributed by atoms with Crippen LogP contribution in [-0.2, 0) is 26.2 Å². The van der Waals surface area contributed by atoms with Crippen molar-refractivity contribution < 1.29 is 18.0 Å². The van der Waals surface area contributed by atoms with Gasteiger partial charge < -0.3 is 10.2 Å². The molecule has 0 bridgehead atoms. The Morgan fingerprint density at radius 2 is 1.64 bits per heavy atom. The maximum absolute atomic E-state index is 13.9. The van der Waals surface area contributed by atoms with Crippen LogP contribution in [0.2, 0.25) is 10.0 Å². The molecular formula is C29H33Cl2N3O4S. The Bertz CT molecular complexity index is 1430. The van der Waals surface area contributed by atoms with E-state index in [1.807, 2.05) is 13.8 Å². The molecule has 0 aliphatic carbocycles. The molecule has 0 aliphatic heterocycles. The van der Waals surface area contributed by atoms with Gasteiger partial charge in [0.15, 0.2) is 0 Å². The SMILES string of the molecule is CCCNC(=O)[C@@H](C)N(Cc1ccccc1Cl)C(=O)CN(c1ccc(Cl)cc1C)S(=O)(=O)c1ccc(C)cc1. The first-order valence-electron chi connectivity index (χ1n) is 12.6. The second-order valence-electron chi connectivity index (χ2n) is 9.34. The van der Waals surface area contributed by atoms with Crippen LogP contribution >= 0.6 is 23.2 Å². The van der Waals surface area contributed by atoms with Crippen LogP contribution in [0.15, 0.2) is 71.6 Å². The predicted octanol–water partition coefficient (Wildman–Crippen LogP) is 5.75. The zero-order chi connectivity index (χ0) is 28.7. The quantitative estimate of drug-likeness (QED) is 0.308. The van der Waals surface area contributed by atoms with Crippen LogP contribution in [0.5, 0.6) is 0 Å². The van der Waals surface area contributed by atoms with Crippen molar-refractivity contribution in [2.75, 3.05) is 17.4 Å². The Balaban J connectivity index is 2.06. The topological polar surface area (TPSA) is 86.8 Å². The summed E-state index contributed by atoms with van der Waals surface area (Å²) in [7, 11) is -4.16. The van der Waals surface area contributed by atoms with Gasteiger partial charge in [-0.15, -0.1) is 0 Å². The molecule has 208 valence electrons. The molecule has 0 aromatic heterocycles. The molecule has 7 nitrogen and oxygen atoms in total. The molecule has 0 fully saturated rings. The van der Waals surface area contributed by atoms with Crippen LogP contribution in [0.1, 0.15) is 37.0 Å². The van der Waals surface area contributed by atoms with Crippen LogP contribution in [0.25, 0.3) is 0 Å². The lowest BCUT2D eigenvalue weighted by Crippen LogP contribution is -2.51. The predicted molar refractivity (Wildman–Crippen MR) is 157 cm³/mol. The molecule has 0 saturated heterocycles. The smallest absolute Gasteiger partial charge is 0.264 e. The second-order valence-corrected chi connectivity index (χ2v) is 12.0. The number of sulfonamides is 1. The molecule has 10 heteroatoms. The first-order chi connectivity index (χ1) is 18.4. The number of benzene rings is 3. The number of hydrogen-bond acceptors (Lipinski definition) is 4. The summed E-state index contributed by atoms with van der Waals surface area (Å²) < 4.78 is 28.9. The van der Waals surface area contributed by atoms with E-state index in [1.165, 1.54) is 17.0 Å². The van der Waals surface area contributed by atoms with E-state index in [2.05, 4.69) is 5.32 Å². The minimum absolute atomic E-state index is 0.0250. The average Bonchev–Trinajstić information content (AvgIpc) is 2.90. The van der Waals surface area contributed by atoms with E-state index in [4.69, 9.17) is 23.2 Å². The van der Waals surface area contributed by atoms with Crippen molar-refractivity contribution in [1.82, 2.24) is 10.2 Å². The fourth-order valence-corrected chi connectivity index (χ4v) is 5.94. The van der Waals surface area contributed by atoms with Gasteiger partial charge in [-0.1, -0.05) is 66.0 Å². The van der Waals surface area contributed by atoms with Crippen molar-refractivity contribution in [3.63, 3.8) is 0 Å². The maximum Gasteiger partial charge on any atom is 0.264 e. The molecule has 0 unspecified atom stereocenters. The van der Waals surface area contributed by atoms with Crippen LogP contribution in [0, 0.1) is 13.8 Å². The molecular weight excluding hydrogens is 557 g/mol. The van der Waals surface area contributed by atoms with Gasteiger partial charge >= 0.3 is 0 Å². The summed E-state index contributed by atoms with van der Waals surface area (Å²) >= 11 is 12.5. The number of hydrogen-bond donors (Lipinski definition) is 1. The number of nitrogens with one attached hydrogen (secondary N) is 1. The minimum atomic E-state index is -4.16. The number of anilines is 1. The highest BCUT2D eigenvalue weighted by molar-refractivity contribution is 7.92. The van der Waals surface area contributed by atoms with E-state index in [9.17, 15) is 18.0 Å². The van der Waals surface area contributed by atoms with Gasteiger partial charge in [0, 0.05) is 23.1 Å². The largest absolute Gasteiger partial charge is 0.354 e. The van der Waals surface area contributed by atoms with E-state index in [-0.39, 0.29) is 17.3 Å². The third-order valence-electron chi connectivity index (χ3n) is 6.33. The van der Waals surface area contributed by atoms with Crippen molar-refractivity contribution in [2.24, 2.45) is 0 Å².